The molecule has 0 aromatic rings. The van der Waals surface area contributed by atoms with Crippen molar-refractivity contribution in [1.82, 2.24) is 10.2 Å². The molecule has 1 saturated heterocycles. The highest BCUT2D eigenvalue weighted by Crippen LogP contribution is 2.35. The Kier molecular flexibility index (Phi) is 5.50. The molecule has 2 aliphatic heterocycles. The Morgan fingerprint density at radius 2 is 2.27 bits per heavy atom. The molecule has 0 spiro atoms. The summed E-state index contributed by atoms with van der Waals surface area (Å²) in [6, 6.07) is 0. The lowest BCUT2D eigenvalue weighted by molar-refractivity contribution is 0.316. The molecule has 0 saturated carbocycles. The Labute approximate surface area is 97.5 Å². The molecule has 1 fully saturated rings. The zero-order valence-electron chi connectivity index (χ0n) is 9.99. The maximum absolute atomic E-state index is 4.50. The summed E-state index contributed by atoms with van der Waals surface area (Å²) in [6.07, 6.45) is 2.69. The zero-order chi connectivity index (χ0) is 11.3. The van der Waals surface area contributed by atoms with Crippen LogP contribution in [-0.4, -0.2) is 37.5 Å². The van der Waals surface area contributed by atoms with E-state index in [-0.39, 0.29) is 0 Å². The van der Waals surface area contributed by atoms with Gasteiger partial charge in [0.25, 0.3) is 0 Å². The first-order valence-corrected chi connectivity index (χ1v) is 6.60. The predicted octanol–water partition coefficient (Wildman–Crippen LogP) is 1.43. The first-order valence-electron chi connectivity index (χ1n) is 5.66. The Bertz CT molecular complexity index is 212. The number of rotatable bonds is 1. The monoisotopic (exact) mass is 229 g/mol. The van der Waals surface area contributed by atoms with E-state index in [1.165, 1.54) is 33.0 Å². The van der Waals surface area contributed by atoms with Crippen LogP contribution in [0.2, 0.25) is 0 Å². The molecule has 2 unspecified atom stereocenters. The van der Waals surface area contributed by atoms with Gasteiger partial charge in [-0.3, -0.25) is 0 Å². The Balaban J connectivity index is 0.000000531. The first kappa shape index (κ1) is 12.9. The molecule has 0 aromatic heterocycles. The molecule has 0 aliphatic carbocycles. The van der Waals surface area contributed by atoms with Crippen LogP contribution in [0.25, 0.3) is 0 Å². The summed E-state index contributed by atoms with van der Waals surface area (Å²) in [5, 5.41) is 6.46. The molecule has 15 heavy (non-hydrogen) atoms. The van der Waals surface area contributed by atoms with Crippen LogP contribution in [0.5, 0.6) is 0 Å². The fraction of sp³-hybridized carbons (Fsp3) is 0.818. The summed E-state index contributed by atoms with van der Waals surface area (Å²) in [5.41, 5.74) is 6.05. The van der Waals surface area contributed by atoms with Gasteiger partial charge in [0.15, 0.2) is 0 Å². The van der Waals surface area contributed by atoms with Crippen LogP contribution in [-0.2, 0) is 0 Å². The third kappa shape index (κ3) is 3.13. The van der Waals surface area contributed by atoms with E-state index in [0.717, 1.165) is 5.92 Å². The number of hydrogen-bond acceptors (Lipinski definition) is 4. The smallest absolute Gasteiger partial charge is 0.0757 e. The lowest BCUT2D eigenvalue weighted by atomic mass is 9.96. The average Bonchev–Trinajstić information content (AvgIpc) is 2.64. The minimum Gasteiger partial charge on any atom is -0.365 e. The fourth-order valence-electron chi connectivity index (χ4n) is 2.04. The molecule has 2 heterocycles. The molecule has 88 valence electrons. The highest BCUT2D eigenvalue weighted by Gasteiger charge is 2.26. The van der Waals surface area contributed by atoms with Crippen LogP contribution < -0.4 is 11.1 Å². The second-order valence-corrected chi connectivity index (χ2v) is 5.12. The van der Waals surface area contributed by atoms with Gasteiger partial charge in [0.2, 0.25) is 0 Å². The zero-order valence-corrected chi connectivity index (χ0v) is 10.8. The van der Waals surface area contributed by atoms with Gasteiger partial charge >= 0.3 is 0 Å². The van der Waals surface area contributed by atoms with Crippen LogP contribution in [0, 0.1) is 5.92 Å². The Hall–Kier alpha value is -0.190. The molecular formula is C11H23N3S. The standard InChI is InChI=1S/C10H18N2S.CH5N/c1-8-12(2)10(7-13-8)9-4-3-5-11-6-9;1-2/h7-9,11H,3-6H2,1-2H3;2H2,1H3. The summed E-state index contributed by atoms with van der Waals surface area (Å²) >= 11 is 1.94. The van der Waals surface area contributed by atoms with Crippen LogP contribution in [0.4, 0.5) is 0 Å². The van der Waals surface area contributed by atoms with E-state index >= 15 is 0 Å². The first-order chi connectivity index (χ1) is 7.29. The quantitative estimate of drug-likeness (QED) is 0.714. The molecule has 2 atom stereocenters. The van der Waals surface area contributed by atoms with Crippen molar-refractivity contribution in [2.45, 2.75) is 25.1 Å². The van der Waals surface area contributed by atoms with Gasteiger partial charge in [-0.2, -0.15) is 0 Å². The van der Waals surface area contributed by atoms with E-state index in [0.29, 0.717) is 5.37 Å². The third-order valence-electron chi connectivity index (χ3n) is 3.05. The topological polar surface area (TPSA) is 41.3 Å². The fourth-order valence-corrected chi connectivity index (χ4v) is 3.04. The van der Waals surface area contributed by atoms with Gasteiger partial charge in [0.1, 0.15) is 0 Å². The van der Waals surface area contributed by atoms with Gasteiger partial charge in [-0.1, -0.05) is 0 Å². The summed E-state index contributed by atoms with van der Waals surface area (Å²) in [5.74, 6) is 0.760. The highest BCUT2D eigenvalue weighted by atomic mass is 32.2. The SMILES string of the molecule is CC1SC=C(C2CCCNC2)N1C.CN. The largest absolute Gasteiger partial charge is 0.365 e. The van der Waals surface area contributed by atoms with Gasteiger partial charge in [-0.15, -0.1) is 11.8 Å². The van der Waals surface area contributed by atoms with E-state index in [1.807, 2.05) is 11.8 Å². The van der Waals surface area contributed by atoms with Crippen LogP contribution in [0.1, 0.15) is 19.8 Å². The number of nitrogens with zero attached hydrogens (tertiary/aromatic N) is 1. The summed E-state index contributed by atoms with van der Waals surface area (Å²) in [4.78, 5) is 2.42. The lowest BCUT2D eigenvalue weighted by Gasteiger charge is -2.30. The van der Waals surface area contributed by atoms with Gasteiger partial charge in [-0.25, -0.2) is 0 Å². The molecular weight excluding hydrogens is 206 g/mol. The Morgan fingerprint density at radius 1 is 1.53 bits per heavy atom. The van der Waals surface area contributed by atoms with E-state index in [1.54, 1.807) is 5.70 Å². The van der Waals surface area contributed by atoms with Crippen molar-refractivity contribution in [3.8, 4) is 0 Å². The van der Waals surface area contributed by atoms with E-state index in [2.05, 4.69) is 35.3 Å². The number of hydrogen-bond donors (Lipinski definition) is 2. The molecule has 0 aromatic carbocycles. The predicted molar refractivity (Wildman–Crippen MR) is 68.6 cm³/mol. The van der Waals surface area contributed by atoms with Gasteiger partial charge < -0.3 is 16.0 Å². The molecule has 4 heteroatoms. The number of nitrogens with one attached hydrogen (secondary N) is 1. The highest BCUT2D eigenvalue weighted by molar-refractivity contribution is 8.02. The van der Waals surface area contributed by atoms with Crippen molar-refractivity contribution >= 4 is 11.8 Å². The maximum atomic E-state index is 4.50. The van der Waals surface area contributed by atoms with Crippen molar-refractivity contribution in [1.29, 1.82) is 0 Å². The van der Waals surface area contributed by atoms with Gasteiger partial charge in [0.05, 0.1) is 5.37 Å². The molecule has 0 amide bonds. The van der Waals surface area contributed by atoms with E-state index in [9.17, 15) is 0 Å². The van der Waals surface area contributed by atoms with Crippen LogP contribution >= 0.6 is 11.8 Å². The summed E-state index contributed by atoms with van der Waals surface area (Å²) in [7, 11) is 3.71. The van der Waals surface area contributed by atoms with E-state index < -0.39 is 0 Å². The van der Waals surface area contributed by atoms with Crippen LogP contribution in [0.15, 0.2) is 11.1 Å². The Morgan fingerprint density at radius 3 is 2.73 bits per heavy atom. The van der Waals surface area contributed by atoms with Gasteiger partial charge in [-0.05, 0) is 38.8 Å². The second kappa shape index (κ2) is 6.40. The number of nitrogens with two attached hydrogens (primary N) is 1. The van der Waals surface area contributed by atoms with Crippen molar-refractivity contribution in [2.75, 3.05) is 27.2 Å². The number of thioether (sulfide) groups is 1. The molecule has 3 nitrogen and oxygen atoms in total. The third-order valence-corrected chi connectivity index (χ3v) is 4.14. The van der Waals surface area contributed by atoms with E-state index in [4.69, 9.17) is 0 Å². The summed E-state index contributed by atoms with van der Waals surface area (Å²) < 4.78 is 0. The molecule has 3 N–H and O–H groups in total. The second-order valence-electron chi connectivity index (χ2n) is 3.93. The molecule has 2 rings (SSSR count). The average molecular weight is 229 g/mol. The minimum atomic E-state index is 0.636. The van der Waals surface area contributed by atoms with Crippen molar-refractivity contribution in [3.63, 3.8) is 0 Å². The van der Waals surface area contributed by atoms with Crippen LogP contribution in [0.3, 0.4) is 0 Å². The van der Waals surface area contributed by atoms with Crippen molar-refractivity contribution in [2.24, 2.45) is 11.7 Å². The van der Waals surface area contributed by atoms with Gasteiger partial charge in [0, 0.05) is 25.2 Å². The summed E-state index contributed by atoms with van der Waals surface area (Å²) in [6.45, 7) is 4.64. The van der Waals surface area contributed by atoms with Crippen molar-refractivity contribution in [3.05, 3.63) is 11.1 Å². The molecule has 0 bridgehead atoms. The van der Waals surface area contributed by atoms with Crippen molar-refractivity contribution < 1.29 is 0 Å². The molecule has 2 aliphatic rings. The normalized spacial score (nSPS) is 30.7. The minimum absolute atomic E-state index is 0.636. The maximum Gasteiger partial charge on any atom is 0.0757 e. The molecule has 0 radical (unpaired) electrons. The number of piperidine rings is 1. The lowest BCUT2D eigenvalue weighted by Crippen LogP contribution is -2.35.